The average molecular weight is 497 g/mol. The van der Waals surface area contributed by atoms with E-state index in [1.807, 2.05) is 19.9 Å². The fourth-order valence-corrected chi connectivity index (χ4v) is 4.06. The zero-order valence-corrected chi connectivity index (χ0v) is 21.2. The number of phenols is 3. The Balaban J connectivity index is 1.74. The number of aliphatic hydroxyl groups is 2. The van der Waals surface area contributed by atoms with Crippen molar-refractivity contribution in [1.82, 2.24) is 0 Å². The van der Waals surface area contributed by atoms with E-state index >= 15 is 0 Å². The molecule has 1 aliphatic heterocycles. The molecule has 0 saturated heterocycles. The highest BCUT2D eigenvalue weighted by atomic mass is 16.3. The molecule has 1 atom stereocenters. The van der Waals surface area contributed by atoms with Crippen molar-refractivity contribution < 1.29 is 30.3 Å². The smallest absolute Gasteiger partial charge is 0.260 e. The van der Waals surface area contributed by atoms with Crippen LogP contribution in [0, 0.1) is 0 Å². The number of aromatic hydroxyl groups is 3. The normalized spacial score (nSPS) is 15.2. The number of carbonyl (C=O) groups excluding carboxylic acids is 1. The number of para-hydroxylation sites is 1. The van der Waals surface area contributed by atoms with Gasteiger partial charge >= 0.3 is 0 Å². The highest BCUT2D eigenvalue weighted by molar-refractivity contribution is 6.15. The third kappa shape index (κ3) is 6.38. The molecule has 0 aromatic heterocycles. The lowest BCUT2D eigenvalue weighted by atomic mass is 9.95. The highest BCUT2D eigenvalue weighted by Gasteiger charge is 2.30. The zero-order chi connectivity index (χ0) is 26.6. The molecular formula is C28H36N2O6. The van der Waals surface area contributed by atoms with Crippen molar-refractivity contribution in [3.8, 4) is 17.2 Å². The van der Waals surface area contributed by atoms with E-state index in [1.165, 1.54) is 23.1 Å². The van der Waals surface area contributed by atoms with Gasteiger partial charge in [0.25, 0.3) is 5.91 Å². The first-order valence-electron chi connectivity index (χ1n) is 12.1. The largest absolute Gasteiger partial charge is 0.508 e. The molecule has 0 saturated carbocycles. The van der Waals surface area contributed by atoms with E-state index in [2.05, 4.69) is 11.4 Å². The lowest BCUT2D eigenvalue weighted by Crippen LogP contribution is -2.35. The highest BCUT2D eigenvalue weighted by Crippen LogP contribution is 2.45. The number of rotatable bonds is 9. The van der Waals surface area contributed by atoms with Crippen molar-refractivity contribution >= 4 is 23.0 Å². The Labute approximate surface area is 211 Å². The Morgan fingerprint density at radius 1 is 1.03 bits per heavy atom. The molecule has 0 bridgehead atoms. The van der Waals surface area contributed by atoms with Gasteiger partial charge < -0.3 is 35.7 Å². The first-order valence-corrected chi connectivity index (χ1v) is 12.1. The number of hydrogen-bond donors (Lipinski definition) is 6. The summed E-state index contributed by atoms with van der Waals surface area (Å²) >= 11 is 0. The topological polar surface area (TPSA) is 133 Å². The number of aliphatic hydroxyl groups excluding tert-OH is 1. The van der Waals surface area contributed by atoms with E-state index in [-0.39, 0.29) is 46.6 Å². The van der Waals surface area contributed by atoms with Crippen LogP contribution in [0.15, 0.2) is 53.6 Å². The second-order valence-corrected chi connectivity index (χ2v) is 9.95. The summed E-state index contributed by atoms with van der Waals surface area (Å²) < 4.78 is 0. The molecule has 2 aromatic rings. The van der Waals surface area contributed by atoms with Crippen molar-refractivity contribution in [2.75, 3.05) is 16.8 Å². The molecule has 1 unspecified atom stereocenters. The van der Waals surface area contributed by atoms with Crippen LogP contribution in [0.5, 0.6) is 17.2 Å². The maximum absolute atomic E-state index is 13.4. The lowest BCUT2D eigenvalue weighted by Gasteiger charge is -2.24. The second kappa shape index (κ2) is 11.1. The molecule has 3 rings (SSSR count). The summed E-state index contributed by atoms with van der Waals surface area (Å²) in [5.74, 6) is -0.917. The first kappa shape index (κ1) is 27.1. The minimum Gasteiger partial charge on any atom is -0.508 e. The molecule has 194 valence electrons. The van der Waals surface area contributed by atoms with Gasteiger partial charge in [-0.15, -0.1) is 0 Å². The number of allylic oxidation sites excluding steroid dienone is 3. The van der Waals surface area contributed by atoms with Gasteiger partial charge in [-0.2, -0.15) is 0 Å². The number of anilines is 3. The summed E-state index contributed by atoms with van der Waals surface area (Å²) in [4.78, 5) is 14.9. The van der Waals surface area contributed by atoms with E-state index < -0.39 is 11.7 Å². The van der Waals surface area contributed by atoms with Crippen LogP contribution in [-0.2, 0) is 0 Å². The van der Waals surface area contributed by atoms with Gasteiger partial charge in [-0.05, 0) is 65.5 Å². The number of nitrogens with zero attached hydrogens (tertiary/aromatic N) is 1. The molecule has 0 radical (unpaired) electrons. The van der Waals surface area contributed by atoms with Gasteiger partial charge in [0.2, 0.25) is 0 Å². The van der Waals surface area contributed by atoms with Crippen LogP contribution in [0.25, 0.3) is 0 Å². The van der Waals surface area contributed by atoms with Gasteiger partial charge in [-0.1, -0.05) is 29.4 Å². The molecule has 36 heavy (non-hydrogen) atoms. The summed E-state index contributed by atoms with van der Waals surface area (Å²) in [5.41, 5.74) is 2.05. The summed E-state index contributed by atoms with van der Waals surface area (Å²) in [7, 11) is 0. The zero-order valence-electron chi connectivity index (χ0n) is 21.2. The number of phenolic OH excluding ortho intramolecular Hbond substituents is 3. The van der Waals surface area contributed by atoms with Gasteiger partial charge in [0.15, 0.2) is 0 Å². The van der Waals surface area contributed by atoms with Crippen LogP contribution in [-0.4, -0.2) is 49.7 Å². The maximum Gasteiger partial charge on any atom is 0.260 e. The minimum absolute atomic E-state index is 0.120. The summed E-state index contributed by atoms with van der Waals surface area (Å²) in [6, 6.07) is 7.21. The van der Waals surface area contributed by atoms with Gasteiger partial charge in [-0.25, -0.2) is 0 Å². The van der Waals surface area contributed by atoms with Crippen LogP contribution in [0.1, 0.15) is 63.7 Å². The Morgan fingerprint density at radius 2 is 1.72 bits per heavy atom. The van der Waals surface area contributed by atoms with Crippen molar-refractivity contribution in [3.05, 3.63) is 59.2 Å². The maximum atomic E-state index is 13.4. The Hall–Kier alpha value is -3.49. The number of nitrogens with one attached hydrogen (secondary N) is 1. The van der Waals surface area contributed by atoms with Gasteiger partial charge in [0, 0.05) is 18.7 Å². The van der Waals surface area contributed by atoms with E-state index in [1.54, 1.807) is 26.0 Å². The van der Waals surface area contributed by atoms with Crippen LogP contribution in [0.2, 0.25) is 0 Å². The first-order chi connectivity index (χ1) is 16.9. The lowest BCUT2D eigenvalue weighted by molar-refractivity contribution is -0.0509. The molecule has 8 heteroatoms. The van der Waals surface area contributed by atoms with E-state index in [4.69, 9.17) is 0 Å². The standard InChI is InChI=1S/C28H36N2O6/c1-17(11-12-24(34)28(3,4)36)7-5-8-18(2)13-14-30-21-15-19(31)16-23(33)26(21)29-25-20(27(30)35)9-6-10-22(25)32/h6-7,9-10,13,15-16,24,29,31-34,36H,5,8,11-12,14H2,1-4H3/b17-7+,18-13+. The van der Waals surface area contributed by atoms with Gasteiger partial charge in [0.1, 0.15) is 22.9 Å². The predicted molar refractivity (Wildman–Crippen MR) is 141 cm³/mol. The van der Waals surface area contributed by atoms with Crippen LogP contribution < -0.4 is 10.2 Å². The third-order valence-electron chi connectivity index (χ3n) is 6.42. The van der Waals surface area contributed by atoms with Crippen molar-refractivity contribution in [2.45, 2.75) is 65.1 Å². The van der Waals surface area contributed by atoms with Crippen molar-refractivity contribution in [1.29, 1.82) is 0 Å². The van der Waals surface area contributed by atoms with E-state index in [9.17, 15) is 30.3 Å². The third-order valence-corrected chi connectivity index (χ3v) is 6.42. The number of amides is 1. The van der Waals surface area contributed by atoms with Crippen molar-refractivity contribution in [2.24, 2.45) is 0 Å². The molecule has 1 amide bonds. The van der Waals surface area contributed by atoms with Gasteiger partial charge in [0.05, 0.1) is 28.6 Å². The van der Waals surface area contributed by atoms with Crippen LogP contribution in [0.3, 0.4) is 0 Å². The number of fused-ring (bicyclic) bond motifs is 2. The molecule has 6 N–H and O–H groups in total. The Bertz CT molecular complexity index is 1180. The van der Waals surface area contributed by atoms with Gasteiger partial charge in [-0.3, -0.25) is 4.79 Å². The molecule has 1 heterocycles. The predicted octanol–water partition coefficient (Wildman–Crippen LogP) is 5.09. The molecule has 0 spiro atoms. The SMILES string of the molecule is C/C(=C\CN1C(=O)c2cccc(O)c2Nc2c(O)cc(O)cc21)CC/C=C(\C)CCC(O)C(C)(C)O. The average Bonchev–Trinajstić information content (AvgIpc) is 2.91. The number of hydrogen-bond acceptors (Lipinski definition) is 7. The summed E-state index contributed by atoms with van der Waals surface area (Å²) in [6.07, 6.45) is 5.99. The fraction of sp³-hybridized carbons (Fsp3) is 0.393. The minimum atomic E-state index is -1.12. The Kier molecular flexibility index (Phi) is 8.32. The quantitative estimate of drug-likeness (QED) is 0.162. The summed E-state index contributed by atoms with van der Waals surface area (Å²) in [6.45, 7) is 7.37. The van der Waals surface area contributed by atoms with Crippen LogP contribution >= 0.6 is 0 Å². The second-order valence-electron chi connectivity index (χ2n) is 9.95. The molecule has 0 fully saturated rings. The molecule has 0 aliphatic carbocycles. The van der Waals surface area contributed by atoms with Crippen molar-refractivity contribution in [3.63, 3.8) is 0 Å². The molecule has 2 aromatic carbocycles. The van der Waals surface area contributed by atoms with E-state index in [0.717, 1.165) is 24.0 Å². The number of carbonyl (C=O) groups is 1. The molecule has 8 nitrogen and oxygen atoms in total. The Morgan fingerprint density at radius 3 is 2.42 bits per heavy atom. The summed E-state index contributed by atoms with van der Waals surface area (Å²) in [5, 5.41) is 53.7. The van der Waals surface area contributed by atoms with Crippen LogP contribution in [0.4, 0.5) is 17.1 Å². The number of benzene rings is 2. The monoisotopic (exact) mass is 496 g/mol. The molecule has 1 aliphatic rings. The molecular weight excluding hydrogens is 460 g/mol. The fourth-order valence-electron chi connectivity index (χ4n) is 4.06. The van der Waals surface area contributed by atoms with E-state index in [0.29, 0.717) is 18.5 Å².